The number of aryl methyl sites for hydroxylation is 1. The Morgan fingerprint density at radius 2 is 1.81 bits per heavy atom. The summed E-state index contributed by atoms with van der Waals surface area (Å²) in [6.07, 6.45) is 4.05. The molecule has 0 atom stereocenters. The van der Waals surface area contributed by atoms with Crippen molar-refractivity contribution in [3.63, 3.8) is 0 Å². The van der Waals surface area contributed by atoms with Gasteiger partial charge >= 0.3 is 0 Å². The van der Waals surface area contributed by atoms with Crippen LogP contribution >= 0.6 is 0 Å². The van der Waals surface area contributed by atoms with E-state index in [1.165, 1.54) is 16.8 Å². The van der Waals surface area contributed by atoms with Crippen LogP contribution in [-0.4, -0.2) is 83.3 Å². The van der Waals surface area contributed by atoms with Gasteiger partial charge in [-0.15, -0.1) is 0 Å². The molecule has 0 saturated carbocycles. The van der Waals surface area contributed by atoms with E-state index in [0.29, 0.717) is 31.8 Å². The van der Waals surface area contributed by atoms with Gasteiger partial charge in [0.1, 0.15) is 5.54 Å². The lowest BCUT2D eigenvalue weighted by atomic mass is 9.82. The zero-order valence-electron chi connectivity index (χ0n) is 16.1. The first-order chi connectivity index (χ1) is 12.2. The van der Waals surface area contributed by atoms with Crippen LogP contribution in [0, 0.1) is 5.92 Å². The average Bonchev–Trinajstić information content (AvgIpc) is 3.03. The molecule has 1 aromatic heterocycles. The summed E-state index contributed by atoms with van der Waals surface area (Å²) >= 11 is 0. The lowest BCUT2D eigenvalue weighted by Crippen LogP contribution is -2.68. The molecular weight excluding hydrogens is 354 g/mol. The third-order valence-corrected chi connectivity index (χ3v) is 7.26. The van der Waals surface area contributed by atoms with Gasteiger partial charge in [-0.1, -0.05) is 13.8 Å². The second kappa shape index (κ2) is 6.94. The van der Waals surface area contributed by atoms with E-state index in [0.717, 1.165) is 19.6 Å². The van der Waals surface area contributed by atoms with Crippen molar-refractivity contribution >= 4 is 15.9 Å². The smallest absolute Gasteiger partial charge is 0.262 e. The number of rotatable bonds is 4. The number of carbonyl (C=O) groups is 1. The molecule has 3 rings (SSSR count). The molecule has 0 unspecified atom stereocenters. The normalized spacial score (nSPS) is 22.5. The van der Waals surface area contributed by atoms with Crippen molar-refractivity contribution < 1.29 is 13.2 Å². The highest BCUT2D eigenvalue weighted by molar-refractivity contribution is 7.89. The third-order valence-electron chi connectivity index (χ3n) is 5.48. The van der Waals surface area contributed by atoms with Crippen LogP contribution in [0.15, 0.2) is 17.6 Å². The quantitative estimate of drug-likeness (QED) is 0.751. The fourth-order valence-electron chi connectivity index (χ4n) is 4.06. The molecule has 9 heteroatoms. The molecule has 3 heterocycles. The van der Waals surface area contributed by atoms with Gasteiger partial charge in [-0.2, -0.15) is 4.31 Å². The first-order valence-corrected chi connectivity index (χ1v) is 10.6. The summed E-state index contributed by atoms with van der Waals surface area (Å²) in [4.78, 5) is 21.1. The Kier molecular flexibility index (Phi) is 5.15. The highest BCUT2D eigenvalue weighted by Crippen LogP contribution is 2.35. The van der Waals surface area contributed by atoms with Crippen molar-refractivity contribution in [1.29, 1.82) is 0 Å². The SMILES string of the molecule is CC(C)CN1CCN(C)C(=O)C12CCN(S(=O)(=O)c1cn(C)cn1)CC2. The summed E-state index contributed by atoms with van der Waals surface area (Å²) in [5.41, 5.74) is -0.576. The van der Waals surface area contributed by atoms with E-state index < -0.39 is 15.6 Å². The minimum absolute atomic E-state index is 0.0714. The number of hydrogen-bond acceptors (Lipinski definition) is 5. The van der Waals surface area contributed by atoms with Gasteiger partial charge < -0.3 is 9.47 Å². The molecule has 26 heavy (non-hydrogen) atoms. The molecule has 0 bridgehead atoms. The second-order valence-electron chi connectivity index (χ2n) is 7.88. The van der Waals surface area contributed by atoms with Gasteiger partial charge in [-0.05, 0) is 18.8 Å². The largest absolute Gasteiger partial charge is 0.343 e. The molecule has 2 fully saturated rings. The van der Waals surface area contributed by atoms with Crippen LogP contribution in [0.3, 0.4) is 0 Å². The fraction of sp³-hybridized carbons (Fsp3) is 0.765. The summed E-state index contributed by atoms with van der Waals surface area (Å²) < 4.78 is 28.7. The number of likely N-dealkylation sites (N-methyl/N-ethyl adjacent to an activating group) is 1. The second-order valence-corrected chi connectivity index (χ2v) is 9.76. The fourth-order valence-corrected chi connectivity index (χ4v) is 5.47. The summed E-state index contributed by atoms with van der Waals surface area (Å²) in [5.74, 6) is 0.581. The molecule has 0 radical (unpaired) electrons. The Balaban J connectivity index is 1.81. The number of aromatic nitrogens is 2. The molecule has 0 N–H and O–H groups in total. The molecule has 146 valence electrons. The van der Waals surface area contributed by atoms with Gasteiger partial charge in [0.25, 0.3) is 10.0 Å². The van der Waals surface area contributed by atoms with Crippen LogP contribution < -0.4 is 0 Å². The summed E-state index contributed by atoms with van der Waals surface area (Å²) in [5, 5.41) is 0.0714. The molecule has 2 aliphatic rings. The average molecular weight is 384 g/mol. The van der Waals surface area contributed by atoms with E-state index in [1.54, 1.807) is 16.5 Å². The van der Waals surface area contributed by atoms with Crippen LogP contribution in [-0.2, 0) is 21.9 Å². The summed E-state index contributed by atoms with van der Waals surface area (Å²) in [7, 11) is -0.0215. The molecule has 1 amide bonds. The van der Waals surface area contributed by atoms with E-state index in [-0.39, 0.29) is 10.9 Å². The van der Waals surface area contributed by atoms with Crippen molar-refractivity contribution in [3.8, 4) is 0 Å². The predicted molar refractivity (Wildman–Crippen MR) is 98.0 cm³/mol. The van der Waals surface area contributed by atoms with Gasteiger partial charge in [0.15, 0.2) is 5.03 Å². The molecule has 1 spiro atoms. The number of amides is 1. The molecule has 2 aliphatic heterocycles. The molecular formula is C17H29N5O3S. The molecule has 1 aromatic rings. The Bertz CT molecular complexity index is 765. The van der Waals surface area contributed by atoms with Crippen LogP contribution in [0.4, 0.5) is 0 Å². The van der Waals surface area contributed by atoms with Crippen molar-refractivity contribution in [2.24, 2.45) is 13.0 Å². The Hall–Kier alpha value is -1.45. The molecule has 2 saturated heterocycles. The number of nitrogens with zero attached hydrogens (tertiary/aromatic N) is 5. The summed E-state index contributed by atoms with van der Waals surface area (Å²) in [6, 6.07) is 0. The van der Waals surface area contributed by atoms with Crippen LogP contribution in [0.1, 0.15) is 26.7 Å². The molecule has 0 aromatic carbocycles. The van der Waals surface area contributed by atoms with E-state index in [1.807, 2.05) is 7.05 Å². The maximum atomic E-state index is 13.0. The monoisotopic (exact) mass is 383 g/mol. The topological polar surface area (TPSA) is 78.8 Å². The van der Waals surface area contributed by atoms with Crippen molar-refractivity contribution in [2.45, 2.75) is 37.3 Å². The minimum atomic E-state index is -3.61. The van der Waals surface area contributed by atoms with E-state index in [4.69, 9.17) is 0 Å². The lowest BCUT2D eigenvalue weighted by Gasteiger charge is -2.52. The number of sulfonamides is 1. The Morgan fingerprint density at radius 1 is 1.15 bits per heavy atom. The van der Waals surface area contributed by atoms with Gasteiger partial charge in [-0.3, -0.25) is 9.69 Å². The highest BCUT2D eigenvalue weighted by atomic mass is 32.2. The Labute approximate surface area is 155 Å². The zero-order chi connectivity index (χ0) is 19.1. The van der Waals surface area contributed by atoms with Crippen LogP contribution in [0.5, 0.6) is 0 Å². The van der Waals surface area contributed by atoms with E-state index in [9.17, 15) is 13.2 Å². The predicted octanol–water partition coefficient (Wildman–Crippen LogP) is 0.373. The minimum Gasteiger partial charge on any atom is -0.343 e. The van der Waals surface area contributed by atoms with Gasteiger partial charge in [0.2, 0.25) is 5.91 Å². The van der Waals surface area contributed by atoms with Crippen molar-refractivity contribution in [1.82, 2.24) is 23.7 Å². The number of piperidine rings is 1. The number of imidazole rings is 1. The zero-order valence-corrected chi connectivity index (χ0v) is 16.9. The molecule has 8 nitrogen and oxygen atoms in total. The standard InChI is InChI=1S/C17H29N5O3S/c1-14(2)11-21-10-9-20(4)16(23)17(21)5-7-22(8-6-17)26(24,25)15-12-19(3)13-18-15/h12-14H,5-11H2,1-4H3. The van der Waals surface area contributed by atoms with Crippen LogP contribution in [0.2, 0.25) is 0 Å². The van der Waals surface area contributed by atoms with Gasteiger partial charge in [0.05, 0.1) is 6.33 Å². The number of carbonyl (C=O) groups excluding carboxylic acids is 1. The van der Waals surface area contributed by atoms with Crippen molar-refractivity contribution in [2.75, 3.05) is 39.8 Å². The van der Waals surface area contributed by atoms with Gasteiger partial charge in [-0.25, -0.2) is 13.4 Å². The lowest BCUT2D eigenvalue weighted by molar-refractivity contribution is -0.153. The van der Waals surface area contributed by atoms with Crippen LogP contribution in [0.25, 0.3) is 0 Å². The summed E-state index contributed by atoms with van der Waals surface area (Å²) in [6.45, 7) is 7.40. The van der Waals surface area contributed by atoms with E-state index in [2.05, 4.69) is 23.7 Å². The van der Waals surface area contributed by atoms with E-state index >= 15 is 0 Å². The van der Waals surface area contributed by atoms with Crippen molar-refractivity contribution in [3.05, 3.63) is 12.5 Å². The molecule has 0 aliphatic carbocycles. The Morgan fingerprint density at radius 3 is 2.35 bits per heavy atom. The number of hydrogen-bond donors (Lipinski definition) is 0. The first kappa shape index (κ1) is 19.3. The highest BCUT2D eigenvalue weighted by Gasteiger charge is 2.51. The maximum absolute atomic E-state index is 13.0. The maximum Gasteiger partial charge on any atom is 0.262 e. The number of piperazine rings is 1. The third kappa shape index (κ3) is 3.27. The first-order valence-electron chi connectivity index (χ1n) is 9.15. The van der Waals surface area contributed by atoms with Gasteiger partial charge in [0, 0.05) is 53.0 Å².